The molecule has 4 rings (SSSR count). The summed E-state index contributed by atoms with van der Waals surface area (Å²) in [5.41, 5.74) is 0.472. The van der Waals surface area contributed by atoms with E-state index in [2.05, 4.69) is 0 Å². The second kappa shape index (κ2) is 8.86. The van der Waals surface area contributed by atoms with Crippen molar-refractivity contribution in [2.45, 2.75) is 37.6 Å². The molecule has 3 aliphatic rings. The number of nitrogens with zero attached hydrogens (tertiary/aromatic N) is 3. The van der Waals surface area contributed by atoms with Crippen molar-refractivity contribution in [3.8, 4) is 5.75 Å². The summed E-state index contributed by atoms with van der Waals surface area (Å²) >= 11 is 0. The predicted octanol–water partition coefficient (Wildman–Crippen LogP) is 1.68. The maximum Gasteiger partial charge on any atom is 0.247 e. The standard InChI is InChI=1S/C23H31N3O5/c1-30-12-11-24-14-17(13-20(24)27)22(29)25-15-21(28)26(23(16-25)9-3-4-10-23)18-5-7-19(31-2)8-6-18/h5-8,17H,3-4,9-16H2,1-2H3/t17-/m1/s1. The van der Waals surface area contributed by atoms with Crippen LogP contribution >= 0.6 is 0 Å². The number of benzene rings is 1. The Bertz CT molecular complexity index is 834. The third kappa shape index (κ3) is 4.13. The molecular weight excluding hydrogens is 398 g/mol. The van der Waals surface area contributed by atoms with E-state index in [-0.39, 0.29) is 42.1 Å². The zero-order valence-corrected chi connectivity index (χ0v) is 18.3. The molecule has 2 heterocycles. The third-order valence-electron chi connectivity index (χ3n) is 6.84. The van der Waals surface area contributed by atoms with Crippen molar-refractivity contribution >= 4 is 23.4 Å². The van der Waals surface area contributed by atoms with Crippen LogP contribution in [-0.2, 0) is 19.1 Å². The highest BCUT2D eigenvalue weighted by Crippen LogP contribution is 2.42. The molecule has 2 aliphatic heterocycles. The zero-order chi connectivity index (χ0) is 22.0. The number of rotatable bonds is 6. The smallest absolute Gasteiger partial charge is 0.247 e. The van der Waals surface area contributed by atoms with Crippen molar-refractivity contribution in [2.75, 3.05) is 51.9 Å². The molecule has 8 nitrogen and oxygen atoms in total. The van der Waals surface area contributed by atoms with E-state index < -0.39 is 0 Å². The van der Waals surface area contributed by atoms with Crippen LogP contribution in [0, 0.1) is 5.92 Å². The molecule has 0 bridgehead atoms. The van der Waals surface area contributed by atoms with Gasteiger partial charge in [-0.1, -0.05) is 12.8 Å². The van der Waals surface area contributed by atoms with Gasteiger partial charge in [-0.3, -0.25) is 14.4 Å². The Morgan fingerprint density at radius 1 is 1.10 bits per heavy atom. The number of ether oxygens (including phenoxy) is 2. The van der Waals surface area contributed by atoms with Gasteiger partial charge in [0.15, 0.2) is 0 Å². The van der Waals surface area contributed by atoms with Gasteiger partial charge in [0.25, 0.3) is 0 Å². The SMILES string of the molecule is COCCN1C[C@H](C(=O)N2CC(=O)N(c3ccc(OC)cc3)C3(CCCC3)C2)CC1=O. The first-order valence-electron chi connectivity index (χ1n) is 11.0. The predicted molar refractivity (Wildman–Crippen MR) is 115 cm³/mol. The monoisotopic (exact) mass is 429 g/mol. The summed E-state index contributed by atoms with van der Waals surface area (Å²) in [4.78, 5) is 44.2. The van der Waals surface area contributed by atoms with Crippen molar-refractivity contribution in [2.24, 2.45) is 5.92 Å². The number of hydrogen-bond donors (Lipinski definition) is 0. The zero-order valence-electron chi connectivity index (χ0n) is 18.3. The average molecular weight is 430 g/mol. The van der Waals surface area contributed by atoms with Gasteiger partial charge in [0.1, 0.15) is 12.3 Å². The van der Waals surface area contributed by atoms with E-state index in [1.807, 2.05) is 29.2 Å². The van der Waals surface area contributed by atoms with Crippen LogP contribution in [0.3, 0.4) is 0 Å². The van der Waals surface area contributed by atoms with Crippen LogP contribution in [0.2, 0.25) is 0 Å². The Labute approximate surface area is 183 Å². The van der Waals surface area contributed by atoms with Crippen LogP contribution in [-0.4, -0.2) is 80.1 Å². The van der Waals surface area contributed by atoms with Crippen molar-refractivity contribution in [1.82, 2.24) is 9.80 Å². The summed E-state index contributed by atoms with van der Waals surface area (Å²) in [5, 5.41) is 0. The van der Waals surface area contributed by atoms with Gasteiger partial charge in [0.05, 0.1) is 25.2 Å². The van der Waals surface area contributed by atoms with Crippen molar-refractivity contribution in [3.63, 3.8) is 0 Å². The fourth-order valence-corrected chi connectivity index (χ4v) is 5.31. The number of hydrogen-bond acceptors (Lipinski definition) is 5. The second-order valence-electron chi connectivity index (χ2n) is 8.79. The minimum atomic E-state index is -0.386. The topological polar surface area (TPSA) is 79.4 Å². The molecule has 0 unspecified atom stereocenters. The highest BCUT2D eigenvalue weighted by molar-refractivity contribution is 6.00. The minimum absolute atomic E-state index is 0.0193. The Morgan fingerprint density at radius 2 is 1.81 bits per heavy atom. The fraction of sp³-hybridized carbons (Fsp3) is 0.609. The number of anilines is 1. The van der Waals surface area contributed by atoms with Crippen LogP contribution in [0.25, 0.3) is 0 Å². The van der Waals surface area contributed by atoms with E-state index in [1.165, 1.54) is 0 Å². The van der Waals surface area contributed by atoms with Crippen LogP contribution in [0.5, 0.6) is 5.75 Å². The van der Waals surface area contributed by atoms with Gasteiger partial charge in [0, 0.05) is 38.9 Å². The Kier molecular flexibility index (Phi) is 6.18. The highest BCUT2D eigenvalue weighted by Gasteiger charge is 2.50. The highest BCUT2D eigenvalue weighted by atomic mass is 16.5. The molecule has 168 valence electrons. The maximum atomic E-state index is 13.3. The van der Waals surface area contributed by atoms with Gasteiger partial charge in [-0.25, -0.2) is 0 Å². The number of piperazine rings is 1. The third-order valence-corrected chi connectivity index (χ3v) is 6.84. The molecular formula is C23H31N3O5. The minimum Gasteiger partial charge on any atom is -0.497 e. The maximum absolute atomic E-state index is 13.3. The average Bonchev–Trinajstić information content (AvgIpc) is 3.38. The molecule has 1 saturated carbocycles. The van der Waals surface area contributed by atoms with Crippen LogP contribution < -0.4 is 9.64 Å². The summed E-state index contributed by atoms with van der Waals surface area (Å²) in [6.45, 7) is 1.92. The quantitative estimate of drug-likeness (QED) is 0.688. The first-order valence-corrected chi connectivity index (χ1v) is 11.0. The lowest BCUT2D eigenvalue weighted by molar-refractivity contribution is -0.142. The Balaban J connectivity index is 1.52. The second-order valence-corrected chi connectivity index (χ2v) is 8.79. The first kappa shape index (κ1) is 21.6. The van der Waals surface area contributed by atoms with Crippen LogP contribution in [0.1, 0.15) is 32.1 Å². The van der Waals surface area contributed by atoms with E-state index in [1.54, 1.807) is 24.0 Å². The molecule has 31 heavy (non-hydrogen) atoms. The van der Waals surface area contributed by atoms with Crippen molar-refractivity contribution < 1.29 is 23.9 Å². The Hall–Kier alpha value is -2.61. The van der Waals surface area contributed by atoms with Crippen LogP contribution in [0.4, 0.5) is 5.69 Å². The fourth-order valence-electron chi connectivity index (χ4n) is 5.31. The Morgan fingerprint density at radius 3 is 2.45 bits per heavy atom. The van der Waals surface area contributed by atoms with Gasteiger partial charge in [-0.2, -0.15) is 0 Å². The molecule has 0 aromatic heterocycles. The number of likely N-dealkylation sites (tertiary alicyclic amines) is 1. The molecule has 2 saturated heterocycles. The van der Waals surface area contributed by atoms with Crippen LogP contribution in [0.15, 0.2) is 24.3 Å². The van der Waals surface area contributed by atoms with Gasteiger partial charge < -0.3 is 24.2 Å². The van der Waals surface area contributed by atoms with Crippen molar-refractivity contribution in [3.05, 3.63) is 24.3 Å². The molecule has 0 radical (unpaired) electrons. The molecule has 1 atom stereocenters. The van der Waals surface area contributed by atoms with Gasteiger partial charge in [0.2, 0.25) is 17.7 Å². The lowest BCUT2D eigenvalue weighted by Gasteiger charge is -2.49. The number of methoxy groups -OCH3 is 2. The van der Waals surface area contributed by atoms with Gasteiger partial charge in [-0.15, -0.1) is 0 Å². The molecule has 1 spiro atoms. The van der Waals surface area contributed by atoms with E-state index >= 15 is 0 Å². The molecule has 8 heteroatoms. The lowest BCUT2D eigenvalue weighted by atomic mass is 9.89. The van der Waals surface area contributed by atoms with E-state index in [0.29, 0.717) is 26.2 Å². The van der Waals surface area contributed by atoms with Gasteiger partial charge >= 0.3 is 0 Å². The molecule has 3 amide bonds. The summed E-state index contributed by atoms with van der Waals surface area (Å²) in [7, 11) is 3.21. The number of amides is 3. The molecule has 1 aromatic carbocycles. The number of carbonyl (C=O) groups is 3. The van der Waals surface area contributed by atoms with Gasteiger partial charge in [-0.05, 0) is 37.1 Å². The summed E-state index contributed by atoms with van der Waals surface area (Å²) in [6.07, 6.45) is 4.03. The van der Waals surface area contributed by atoms with E-state index in [4.69, 9.17) is 9.47 Å². The first-order chi connectivity index (χ1) is 15.0. The molecule has 3 fully saturated rings. The number of carbonyl (C=O) groups excluding carboxylic acids is 3. The summed E-state index contributed by atoms with van der Waals surface area (Å²) < 4.78 is 10.3. The molecule has 1 aliphatic carbocycles. The van der Waals surface area contributed by atoms with Crippen molar-refractivity contribution in [1.29, 1.82) is 0 Å². The molecule has 0 N–H and O–H groups in total. The normalized spacial score (nSPS) is 23.2. The van der Waals surface area contributed by atoms with E-state index in [9.17, 15) is 14.4 Å². The largest absolute Gasteiger partial charge is 0.497 e. The van der Waals surface area contributed by atoms with E-state index in [0.717, 1.165) is 37.1 Å². The summed E-state index contributed by atoms with van der Waals surface area (Å²) in [5.74, 6) is 0.196. The molecule has 1 aromatic rings. The lowest BCUT2D eigenvalue weighted by Crippen LogP contribution is -2.65. The summed E-state index contributed by atoms with van der Waals surface area (Å²) in [6, 6.07) is 7.55.